The number of rotatable bonds is 6. The SMILES string of the molecule is O=C(C[C@H](NC(=O)c1ccccc1Cl)c1ccccc1)Nc1nccs1. The Kier molecular flexibility index (Phi) is 5.99. The highest BCUT2D eigenvalue weighted by molar-refractivity contribution is 7.13. The van der Waals surface area contributed by atoms with Gasteiger partial charge >= 0.3 is 0 Å². The van der Waals surface area contributed by atoms with Gasteiger partial charge in [-0.15, -0.1) is 11.3 Å². The number of aromatic nitrogens is 1. The van der Waals surface area contributed by atoms with Crippen molar-refractivity contribution in [3.05, 3.63) is 82.3 Å². The van der Waals surface area contributed by atoms with Crippen LogP contribution in [0, 0.1) is 0 Å². The average molecular weight is 386 g/mol. The zero-order valence-corrected chi connectivity index (χ0v) is 15.3. The Hall–Kier alpha value is -2.70. The number of amides is 2. The predicted molar refractivity (Wildman–Crippen MR) is 103 cm³/mol. The lowest BCUT2D eigenvalue weighted by Gasteiger charge is -2.19. The molecule has 0 saturated carbocycles. The Balaban J connectivity index is 1.76. The molecule has 2 aromatic carbocycles. The van der Waals surface area contributed by atoms with E-state index in [1.54, 1.807) is 35.8 Å². The molecule has 132 valence electrons. The molecule has 0 saturated heterocycles. The van der Waals surface area contributed by atoms with Crippen molar-refractivity contribution in [3.63, 3.8) is 0 Å². The van der Waals surface area contributed by atoms with E-state index in [9.17, 15) is 9.59 Å². The molecular formula is C19H16ClN3O2S. The molecule has 7 heteroatoms. The minimum absolute atomic E-state index is 0.0831. The number of anilines is 1. The summed E-state index contributed by atoms with van der Waals surface area (Å²) < 4.78 is 0. The van der Waals surface area contributed by atoms with Crippen LogP contribution in [0.4, 0.5) is 5.13 Å². The summed E-state index contributed by atoms with van der Waals surface area (Å²) in [5.74, 6) is -0.556. The van der Waals surface area contributed by atoms with Gasteiger partial charge in [0.05, 0.1) is 23.0 Å². The molecule has 1 aromatic heterocycles. The van der Waals surface area contributed by atoms with E-state index in [1.165, 1.54) is 11.3 Å². The van der Waals surface area contributed by atoms with Crippen LogP contribution in [0.5, 0.6) is 0 Å². The maximum absolute atomic E-state index is 12.6. The molecule has 5 nitrogen and oxygen atoms in total. The van der Waals surface area contributed by atoms with Gasteiger partial charge in [0.15, 0.2) is 5.13 Å². The quantitative estimate of drug-likeness (QED) is 0.664. The molecular weight excluding hydrogens is 370 g/mol. The van der Waals surface area contributed by atoms with Crippen LogP contribution < -0.4 is 10.6 Å². The Morgan fingerprint density at radius 3 is 2.50 bits per heavy atom. The molecule has 0 radical (unpaired) electrons. The first kappa shape index (κ1) is 18.1. The fourth-order valence-corrected chi connectivity index (χ4v) is 3.23. The zero-order valence-electron chi connectivity index (χ0n) is 13.7. The summed E-state index contributed by atoms with van der Waals surface area (Å²) in [6, 6.07) is 15.7. The summed E-state index contributed by atoms with van der Waals surface area (Å²) in [6.45, 7) is 0. The monoisotopic (exact) mass is 385 g/mol. The molecule has 0 fully saturated rings. The normalized spacial score (nSPS) is 11.6. The predicted octanol–water partition coefficient (Wildman–Crippen LogP) is 4.30. The van der Waals surface area contributed by atoms with E-state index in [2.05, 4.69) is 15.6 Å². The lowest BCUT2D eigenvalue weighted by molar-refractivity contribution is -0.116. The zero-order chi connectivity index (χ0) is 18.4. The number of hydrogen-bond donors (Lipinski definition) is 2. The summed E-state index contributed by atoms with van der Waals surface area (Å²) >= 11 is 7.44. The molecule has 1 atom stereocenters. The molecule has 2 N–H and O–H groups in total. The molecule has 3 rings (SSSR count). The number of nitrogens with one attached hydrogen (secondary N) is 2. The van der Waals surface area contributed by atoms with Crippen molar-refractivity contribution in [2.75, 3.05) is 5.32 Å². The number of hydrogen-bond acceptors (Lipinski definition) is 4. The van der Waals surface area contributed by atoms with Crippen LogP contribution in [0.25, 0.3) is 0 Å². The molecule has 0 bridgehead atoms. The van der Waals surface area contributed by atoms with Gasteiger partial charge in [0.1, 0.15) is 0 Å². The summed E-state index contributed by atoms with van der Waals surface area (Å²) in [5.41, 5.74) is 1.21. The van der Waals surface area contributed by atoms with Crippen LogP contribution in [-0.2, 0) is 4.79 Å². The number of benzene rings is 2. The van der Waals surface area contributed by atoms with Gasteiger partial charge < -0.3 is 10.6 Å². The van der Waals surface area contributed by atoms with Crippen LogP contribution in [0.3, 0.4) is 0 Å². The van der Waals surface area contributed by atoms with Gasteiger partial charge in [0, 0.05) is 11.6 Å². The number of carbonyl (C=O) groups is 2. The van der Waals surface area contributed by atoms with Crippen LogP contribution in [0.1, 0.15) is 28.4 Å². The van der Waals surface area contributed by atoms with E-state index < -0.39 is 6.04 Å². The minimum Gasteiger partial charge on any atom is -0.345 e. The smallest absolute Gasteiger partial charge is 0.253 e. The van der Waals surface area contributed by atoms with Crippen molar-refractivity contribution in [2.24, 2.45) is 0 Å². The van der Waals surface area contributed by atoms with E-state index in [-0.39, 0.29) is 18.2 Å². The summed E-state index contributed by atoms with van der Waals surface area (Å²) in [6.07, 6.45) is 1.70. The maximum atomic E-state index is 12.6. The summed E-state index contributed by atoms with van der Waals surface area (Å²) in [7, 11) is 0. The molecule has 3 aromatic rings. The lowest BCUT2D eigenvalue weighted by Crippen LogP contribution is -2.31. The van der Waals surface area contributed by atoms with E-state index in [0.717, 1.165) is 5.56 Å². The van der Waals surface area contributed by atoms with Crippen LogP contribution >= 0.6 is 22.9 Å². The summed E-state index contributed by atoms with van der Waals surface area (Å²) in [5, 5.41) is 8.31. The standard InChI is InChI=1S/C19H16ClN3O2S/c20-15-9-5-4-8-14(15)18(25)22-16(13-6-2-1-3-7-13)12-17(24)23-19-21-10-11-26-19/h1-11,16H,12H2,(H,22,25)(H,21,23,24)/t16-/m0/s1. The first-order chi connectivity index (χ1) is 12.6. The molecule has 0 aliphatic carbocycles. The second-order valence-corrected chi connectivity index (χ2v) is 6.81. The van der Waals surface area contributed by atoms with Crippen molar-refractivity contribution in [1.29, 1.82) is 0 Å². The number of halogens is 1. The molecule has 0 spiro atoms. The minimum atomic E-state index is -0.486. The van der Waals surface area contributed by atoms with Crippen molar-refractivity contribution >= 4 is 39.9 Å². The molecule has 0 aliphatic heterocycles. The second-order valence-electron chi connectivity index (χ2n) is 5.51. The highest BCUT2D eigenvalue weighted by atomic mass is 35.5. The van der Waals surface area contributed by atoms with Crippen LogP contribution in [0.15, 0.2) is 66.2 Å². The first-order valence-electron chi connectivity index (χ1n) is 7.93. The van der Waals surface area contributed by atoms with Gasteiger partial charge in [-0.2, -0.15) is 0 Å². The fourth-order valence-electron chi connectivity index (χ4n) is 2.46. The topological polar surface area (TPSA) is 71.1 Å². The fraction of sp³-hybridized carbons (Fsp3) is 0.105. The van der Waals surface area contributed by atoms with Crippen molar-refractivity contribution in [2.45, 2.75) is 12.5 Å². The van der Waals surface area contributed by atoms with Crippen LogP contribution in [-0.4, -0.2) is 16.8 Å². The summed E-state index contributed by atoms with van der Waals surface area (Å²) in [4.78, 5) is 29.0. The highest BCUT2D eigenvalue weighted by Gasteiger charge is 2.20. The largest absolute Gasteiger partial charge is 0.345 e. The van der Waals surface area contributed by atoms with E-state index >= 15 is 0 Å². The molecule has 1 heterocycles. The van der Waals surface area contributed by atoms with Gasteiger partial charge in [-0.25, -0.2) is 4.98 Å². The van der Waals surface area contributed by atoms with E-state index in [4.69, 9.17) is 11.6 Å². The van der Waals surface area contributed by atoms with Gasteiger partial charge in [-0.05, 0) is 17.7 Å². The third-order valence-electron chi connectivity index (χ3n) is 3.69. The Morgan fingerprint density at radius 2 is 1.81 bits per heavy atom. The average Bonchev–Trinajstić information content (AvgIpc) is 3.15. The molecule has 0 aliphatic rings. The van der Waals surface area contributed by atoms with Gasteiger partial charge in [-0.1, -0.05) is 54.1 Å². The van der Waals surface area contributed by atoms with Gasteiger partial charge in [0.25, 0.3) is 5.91 Å². The first-order valence-corrected chi connectivity index (χ1v) is 9.19. The molecule has 0 unspecified atom stereocenters. The van der Waals surface area contributed by atoms with Gasteiger partial charge in [-0.3, -0.25) is 9.59 Å². The van der Waals surface area contributed by atoms with Crippen molar-refractivity contribution < 1.29 is 9.59 Å². The van der Waals surface area contributed by atoms with E-state index in [1.807, 2.05) is 30.3 Å². The van der Waals surface area contributed by atoms with Gasteiger partial charge in [0.2, 0.25) is 5.91 Å². The maximum Gasteiger partial charge on any atom is 0.253 e. The number of carbonyl (C=O) groups excluding carboxylic acids is 2. The second kappa shape index (κ2) is 8.60. The van der Waals surface area contributed by atoms with Crippen LogP contribution in [0.2, 0.25) is 5.02 Å². The Morgan fingerprint density at radius 1 is 1.08 bits per heavy atom. The number of thiazole rings is 1. The Labute approximate surface area is 160 Å². The lowest BCUT2D eigenvalue weighted by atomic mass is 10.0. The van der Waals surface area contributed by atoms with E-state index in [0.29, 0.717) is 15.7 Å². The molecule has 2 amide bonds. The third-order valence-corrected chi connectivity index (χ3v) is 4.71. The van der Waals surface area contributed by atoms with Crippen molar-refractivity contribution in [1.82, 2.24) is 10.3 Å². The van der Waals surface area contributed by atoms with Crippen molar-refractivity contribution in [3.8, 4) is 0 Å². The molecule has 26 heavy (non-hydrogen) atoms. The number of nitrogens with zero attached hydrogens (tertiary/aromatic N) is 1. The third kappa shape index (κ3) is 4.68. The Bertz CT molecular complexity index is 885. The highest BCUT2D eigenvalue weighted by Crippen LogP contribution is 2.21.